The van der Waals surface area contributed by atoms with E-state index in [0.717, 1.165) is 18.6 Å². The molecule has 1 fully saturated rings. The lowest BCUT2D eigenvalue weighted by Gasteiger charge is -2.24. The van der Waals surface area contributed by atoms with Crippen LogP contribution in [-0.2, 0) is 5.60 Å². The van der Waals surface area contributed by atoms with Crippen molar-refractivity contribution in [3.05, 3.63) is 65.8 Å². The smallest absolute Gasteiger partial charge is 0.273 e. The highest BCUT2D eigenvalue weighted by Crippen LogP contribution is 2.40. The first-order valence-electron chi connectivity index (χ1n) is 7.70. The van der Waals surface area contributed by atoms with Crippen LogP contribution >= 0.6 is 0 Å². The number of carbonyl (C=O) groups is 1. The van der Waals surface area contributed by atoms with Crippen molar-refractivity contribution in [3.63, 3.8) is 0 Å². The van der Waals surface area contributed by atoms with Crippen molar-refractivity contribution in [1.82, 2.24) is 10.5 Å². The number of nitrogens with zero attached hydrogens (tertiary/aromatic N) is 1. The fraction of sp³-hybridized carbons (Fsp3) is 0.294. The monoisotopic (exact) mass is 328 g/mol. The van der Waals surface area contributed by atoms with Crippen LogP contribution in [0.25, 0.3) is 0 Å². The molecule has 7 heteroatoms. The van der Waals surface area contributed by atoms with Crippen molar-refractivity contribution in [2.75, 3.05) is 6.54 Å². The van der Waals surface area contributed by atoms with E-state index in [4.69, 9.17) is 13.4 Å². The summed E-state index contributed by atoms with van der Waals surface area (Å²) < 4.78 is 15.6. The molecule has 0 aromatic carbocycles. The predicted octanol–water partition coefficient (Wildman–Crippen LogP) is 2.40. The van der Waals surface area contributed by atoms with Crippen LogP contribution in [0, 0.1) is 0 Å². The van der Waals surface area contributed by atoms with Gasteiger partial charge in [0.1, 0.15) is 11.5 Å². The Balaban J connectivity index is 1.51. The van der Waals surface area contributed by atoms with E-state index in [1.165, 1.54) is 18.8 Å². The third kappa shape index (κ3) is 2.63. The third-order valence-corrected chi connectivity index (χ3v) is 4.17. The summed E-state index contributed by atoms with van der Waals surface area (Å²) >= 11 is 0. The van der Waals surface area contributed by atoms with Crippen LogP contribution in [0.1, 0.15) is 46.3 Å². The van der Waals surface area contributed by atoms with E-state index in [1.54, 1.807) is 24.3 Å². The van der Waals surface area contributed by atoms with Gasteiger partial charge in [-0.2, -0.15) is 0 Å². The van der Waals surface area contributed by atoms with Crippen molar-refractivity contribution < 1.29 is 23.3 Å². The Kier molecular flexibility index (Phi) is 3.50. The lowest BCUT2D eigenvalue weighted by molar-refractivity contribution is 0.0518. The molecule has 0 bridgehead atoms. The average Bonchev–Trinajstić information content (AvgIpc) is 3.12. The molecule has 3 aromatic rings. The van der Waals surface area contributed by atoms with Gasteiger partial charge in [0.25, 0.3) is 5.91 Å². The molecule has 1 atom stereocenters. The van der Waals surface area contributed by atoms with Crippen LogP contribution in [-0.4, -0.2) is 22.7 Å². The van der Waals surface area contributed by atoms with Crippen molar-refractivity contribution in [3.8, 4) is 0 Å². The highest BCUT2D eigenvalue weighted by Gasteiger charge is 2.36. The molecule has 1 aliphatic carbocycles. The molecule has 1 amide bonds. The Bertz CT molecular complexity index is 781. The molecule has 0 spiro atoms. The Hall–Kier alpha value is -2.80. The van der Waals surface area contributed by atoms with Gasteiger partial charge in [0.05, 0.1) is 25.3 Å². The Morgan fingerprint density at radius 2 is 2.25 bits per heavy atom. The van der Waals surface area contributed by atoms with Gasteiger partial charge < -0.3 is 23.8 Å². The Morgan fingerprint density at radius 1 is 1.38 bits per heavy atom. The van der Waals surface area contributed by atoms with E-state index >= 15 is 0 Å². The van der Waals surface area contributed by atoms with E-state index in [2.05, 4.69) is 10.5 Å². The fourth-order valence-electron chi connectivity index (χ4n) is 2.60. The fourth-order valence-corrected chi connectivity index (χ4v) is 2.60. The molecule has 3 heterocycles. The van der Waals surface area contributed by atoms with Gasteiger partial charge in [0.2, 0.25) is 0 Å². The predicted molar refractivity (Wildman–Crippen MR) is 81.2 cm³/mol. The molecular weight excluding hydrogens is 312 g/mol. The number of rotatable bonds is 6. The lowest BCUT2D eigenvalue weighted by Crippen LogP contribution is -2.41. The molecular formula is C17H16N2O5. The normalized spacial score (nSPS) is 16.7. The zero-order valence-electron chi connectivity index (χ0n) is 12.8. The lowest BCUT2D eigenvalue weighted by atomic mass is 9.93. The summed E-state index contributed by atoms with van der Waals surface area (Å²) in [6, 6.07) is 6.58. The summed E-state index contributed by atoms with van der Waals surface area (Å²) in [5.74, 6) is 1.00. The van der Waals surface area contributed by atoms with E-state index in [1.807, 2.05) is 0 Å². The summed E-state index contributed by atoms with van der Waals surface area (Å²) in [6.07, 6.45) is 6.45. The molecule has 24 heavy (non-hydrogen) atoms. The van der Waals surface area contributed by atoms with Crippen LogP contribution in [0.2, 0.25) is 0 Å². The molecule has 3 aromatic heterocycles. The first-order chi connectivity index (χ1) is 11.7. The summed E-state index contributed by atoms with van der Waals surface area (Å²) in [4.78, 5) is 12.3. The highest BCUT2D eigenvalue weighted by atomic mass is 16.5. The molecule has 2 N–H and O–H groups in total. The van der Waals surface area contributed by atoms with Crippen molar-refractivity contribution in [1.29, 1.82) is 0 Å². The molecule has 4 rings (SSSR count). The van der Waals surface area contributed by atoms with E-state index in [-0.39, 0.29) is 12.2 Å². The van der Waals surface area contributed by atoms with Crippen molar-refractivity contribution in [2.24, 2.45) is 0 Å². The first kappa shape index (κ1) is 14.8. The van der Waals surface area contributed by atoms with E-state index < -0.39 is 11.5 Å². The van der Waals surface area contributed by atoms with E-state index in [0.29, 0.717) is 17.2 Å². The minimum atomic E-state index is -1.53. The topological polar surface area (TPSA) is 102 Å². The molecule has 1 aliphatic rings. The summed E-state index contributed by atoms with van der Waals surface area (Å²) in [5.41, 5.74) is -0.850. The van der Waals surface area contributed by atoms with Gasteiger partial charge >= 0.3 is 0 Å². The minimum absolute atomic E-state index is 0.0928. The highest BCUT2D eigenvalue weighted by molar-refractivity contribution is 5.92. The third-order valence-electron chi connectivity index (χ3n) is 4.17. The number of aromatic nitrogens is 1. The first-order valence-corrected chi connectivity index (χ1v) is 7.70. The van der Waals surface area contributed by atoms with Gasteiger partial charge in [-0.1, -0.05) is 5.16 Å². The Labute approximate surface area is 137 Å². The molecule has 124 valence electrons. The number of furan rings is 2. The standard InChI is InChI=1S/C17H16N2O5/c20-16(13-8-14(24-19-13)11-3-4-11)18-10-17(21,12-5-7-22-9-12)15-2-1-6-23-15/h1-2,5-9,11,21H,3-4,10H2,(H,18,20)/t17-/m1/s1. The van der Waals surface area contributed by atoms with Gasteiger partial charge in [-0.15, -0.1) is 0 Å². The number of amides is 1. The minimum Gasteiger partial charge on any atom is -0.472 e. The van der Waals surface area contributed by atoms with Gasteiger partial charge in [-0.3, -0.25) is 4.79 Å². The summed E-state index contributed by atoms with van der Waals surface area (Å²) in [5, 5.41) is 17.5. The maximum absolute atomic E-state index is 12.3. The average molecular weight is 328 g/mol. The molecule has 7 nitrogen and oxygen atoms in total. The molecule has 0 radical (unpaired) electrons. The largest absolute Gasteiger partial charge is 0.472 e. The molecule has 1 saturated carbocycles. The zero-order valence-corrected chi connectivity index (χ0v) is 12.8. The zero-order chi connectivity index (χ0) is 16.6. The van der Waals surface area contributed by atoms with Crippen LogP contribution < -0.4 is 5.32 Å². The van der Waals surface area contributed by atoms with Crippen LogP contribution in [0.5, 0.6) is 0 Å². The number of aliphatic hydroxyl groups is 1. The second kappa shape index (κ2) is 5.68. The molecule has 0 unspecified atom stereocenters. The van der Waals surface area contributed by atoms with Crippen LogP contribution in [0.4, 0.5) is 0 Å². The number of nitrogens with one attached hydrogen (secondary N) is 1. The Morgan fingerprint density at radius 3 is 2.92 bits per heavy atom. The molecule has 0 saturated heterocycles. The summed E-state index contributed by atoms with van der Waals surface area (Å²) in [6.45, 7) is -0.0928. The molecule has 0 aliphatic heterocycles. The summed E-state index contributed by atoms with van der Waals surface area (Å²) in [7, 11) is 0. The second-order valence-corrected chi connectivity index (χ2v) is 5.92. The van der Waals surface area contributed by atoms with Gasteiger partial charge in [-0.25, -0.2) is 0 Å². The second-order valence-electron chi connectivity index (χ2n) is 5.92. The van der Waals surface area contributed by atoms with Crippen molar-refractivity contribution in [2.45, 2.75) is 24.4 Å². The number of hydrogen-bond acceptors (Lipinski definition) is 6. The number of hydrogen-bond donors (Lipinski definition) is 2. The number of carbonyl (C=O) groups excluding carboxylic acids is 1. The quantitative estimate of drug-likeness (QED) is 0.720. The van der Waals surface area contributed by atoms with Crippen LogP contribution in [0.15, 0.2) is 56.4 Å². The maximum Gasteiger partial charge on any atom is 0.273 e. The van der Waals surface area contributed by atoms with Gasteiger partial charge in [0, 0.05) is 17.5 Å². The van der Waals surface area contributed by atoms with Gasteiger partial charge in [-0.05, 0) is 31.0 Å². The maximum atomic E-state index is 12.3. The van der Waals surface area contributed by atoms with Gasteiger partial charge in [0.15, 0.2) is 11.3 Å². The van der Waals surface area contributed by atoms with Crippen LogP contribution in [0.3, 0.4) is 0 Å². The SMILES string of the molecule is O=C(NC[C@@](O)(c1ccoc1)c1ccco1)c1cc(C2CC2)on1. The van der Waals surface area contributed by atoms with E-state index in [9.17, 15) is 9.90 Å². The van der Waals surface area contributed by atoms with Crippen molar-refractivity contribution >= 4 is 5.91 Å².